The minimum absolute atomic E-state index is 0.356. The Morgan fingerprint density at radius 3 is 1.29 bits per heavy atom. The molecule has 0 bridgehead atoms. The number of ether oxygens (including phenoxy) is 2. The monoisotopic (exact) mass is 450 g/mol. The zero-order valence-corrected chi connectivity index (χ0v) is 19.3. The lowest BCUT2D eigenvalue weighted by Gasteiger charge is -2.04. The first-order valence-electron chi connectivity index (χ1n) is 10.7. The molecule has 0 unspecified atom stereocenters. The number of carbonyl (C=O) groups is 2. The van der Waals surface area contributed by atoms with Gasteiger partial charge in [0.05, 0.1) is 0 Å². The summed E-state index contributed by atoms with van der Waals surface area (Å²) in [6.45, 7) is 10.4. The molecule has 0 aromatic heterocycles. The molecule has 0 saturated carbocycles. The Labute approximate surface area is 200 Å². The number of carbonyl (C=O) groups excluding carboxylic acids is 2. The van der Waals surface area contributed by atoms with Gasteiger partial charge in [-0.25, -0.2) is 9.59 Å². The summed E-state index contributed by atoms with van der Waals surface area (Å²) in [5, 5.41) is 0. The molecule has 0 atom stereocenters. The van der Waals surface area contributed by atoms with Crippen LogP contribution in [-0.4, -0.2) is 11.9 Å². The summed E-state index contributed by atoms with van der Waals surface area (Å²) < 4.78 is 10.6. The molecule has 0 saturated heterocycles. The van der Waals surface area contributed by atoms with Gasteiger partial charge in [-0.15, -0.1) is 0 Å². The van der Waals surface area contributed by atoms with Gasteiger partial charge >= 0.3 is 11.9 Å². The van der Waals surface area contributed by atoms with E-state index in [2.05, 4.69) is 13.2 Å². The first-order valence-corrected chi connectivity index (χ1v) is 10.7. The number of rotatable bonds is 8. The SMILES string of the molecule is C=C(C)C(=O)Oc1cccc(C=Cc2ccc(C=Cc3cccc(OC(=O)C(=C)C)c3)cc2)c1. The Morgan fingerprint density at radius 1 is 0.588 bits per heavy atom. The van der Waals surface area contributed by atoms with Crippen LogP contribution in [0.3, 0.4) is 0 Å². The van der Waals surface area contributed by atoms with Gasteiger partial charge in [-0.1, -0.05) is 86.0 Å². The van der Waals surface area contributed by atoms with E-state index < -0.39 is 11.9 Å². The Kier molecular flexibility index (Phi) is 8.14. The summed E-state index contributed by atoms with van der Waals surface area (Å²) in [5.74, 6) is 0.0805. The second kappa shape index (κ2) is 11.4. The smallest absolute Gasteiger partial charge is 0.338 e. The minimum Gasteiger partial charge on any atom is -0.423 e. The first-order chi connectivity index (χ1) is 16.3. The van der Waals surface area contributed by atoms with Gasteiger partial charge in [0, 0.05) is 11.1 Å². The van der Waals surface area contributed by atoms with E-state index in [1.165, 1.54) is 0 Å². The maximum Gasteiger partial charge on any atom is 0.338 e. The van der Waals surface area contributed by atoms with Gasteiger partial charge < -0.3 is 9.47 Å². The average Bonchev–Trinajstić information content (AvgIpc) is 2.82. The number of benzene rings is 3. The fraction of sp³-hybridized carbons (Fsp3) is 0.0667. The summed E-state index contributed by atoms with van der Waals surface area (Å²) >= 11 is 0. The van der Waals surface area contributed by atoms with Crippen LogP contribution in [0.2, 0.25) is 0 Å². The van der Waals surface area contributed by atoms with Gasteiger partial charge in [-0.3, -0.25) is 0 Å². The molecular formula is C30H26O4. The molecular weight excluding hydrogens is 424 g/mol. The molecule has 0 heterocycles. The molecule has 0 aliphatic carbocycles. The van der Waals surface area contributed by atoms with Crippen molar-refractivity contribution < 1.29 is 19.1 Å². The Morgan fingerprint density at radius 2 is 0.941 bits per heavy atom. The van der Waals surface area contributed by atoms with Gasteiger partial charge in [0.15, 0.2) is 0 Å². The van der Waals surface area contributed by atoms with Crippen LogP contribution in [0.15, 0.2) is 97.1 Å². The van der Waals surface area contributed by atoms with Gasteiger partial charge in [0.1, 0.15) is 11.5 Å². The third-order valence-corrected chi connectivity index (χ3v) is 4.71. The lowest BCUT2D eigenvalue weighted by molar-refractivity contribution is -0.130. The normalized spacial score (nSPS) is 10.9. The van der Waals surface area contributed by atoms with Crippen molar-refractivity contribution in [3.8, 4) is 11.5 Å². The predicted octanol–water partition coefficient (Wildman–Crippen LogP) is 6.99. The lowest BCUT2D eigenvalue weighted by Crippen LogP contribution is -2.08. The maximum atomic E-state index is 11.7. The molecule has 0 amide bonds. The van der Waals surface area contributed by atoms with Crippen molar-refractivity contribution in [3.63, 3.8) is 0 Å². The molecule has 4 heteroatoms. The Balaban J connectivity index is 1.63. The van der Waals surface area contributed by atoms with Crippen molar-refractivity contribution in [3.05, 3.63) is 119 Å². The van der Waals surface area contributed by atoms with E-state index in [1.54, 1.807) is 38.1 Å². The highest BCUT2D eigenvalue weighted by Crippen LogP contribution is 2.19. The zero-order chi connectivity index (χ0) is 24.5. The molecule has 3 aromatic rings. The predicted molar refractivity (Wildman–Crippen MR) is 138 cm³/mol. The van der Waals surface area contributed by atoms with Crippen molar-refractivity contribution in [2.45, 2.75) is 13.8 Å². The largest absolute Gasteiger partial charge is 0.423 e. The standard InChI is InChI=1S/C30H26O4/c1-21(2)29(31)33-27-9-5-7-25(19-27)17-15-23-11-13-24(14-12-23)16-18-26-8-6-10-28(20-26)34-30(32)22(3)4/h5-20H,1,3H2,2,4H3. The van der Waals surface area contributed by atoms with Crippen molar-refractivity contribution in [2.24, 2.45) is 0 Å². The summed E-state index contributed by atoms with van der Waals surface area (Å²) in [5.41, 5.74) is 4.62. The summed E-state index contributed by atoms with van der Waals surface area (Å²) in [4.78, 5) is 23.4. The number of hydrogen-bond donors (Lipinski definition) is 0. The first kappa shape index (κ1) is 24.2. The van der Waals surface area contributed by atoms with Crippen molar-refractivity contribution >= 4 is 36.2 Å². The van der Waals surface area contributed by atoms with E-state index in [9.17, 15) is 9.59 Å². The quantitative estimate of drug-likeness (QED) is 0.161. The van der Waals surface area contributed by atoms with Crippen molar-refractivity contribution in [2.75, 3.05) is 0 Å². The molecule has 0 spiro atoms. The fourth-order valence-electron chi connectivity index (χ4n) is 2.85. The molecule has 34 heavy (non-hydrogen) atoms. The van der Waals surface area contributed by atoms with E-state index >= 15 is 0 Å². The van der Waals surface area contributed by atoms with E-state index in [0.717, 1.165) is 22.3 Å². The van der Waals surface area contributed by atoms with E-state index in [4.69, 9.17) is 9.47 Å². The van der Waals surface area contributed by atoms with Crippen LogP contribution < -0.4 is 9.47 Å². The Hall–Kier alpha value is -4.44. The zero-order valence-electron chi connectivity index (χ0n) is 19.3. The van der Waals surface area contributed by atoms with Crippen LogP contribution in [0.1, 0.15) is 36.1 Å². The van der Waals surface area contributed by atoms with Crippen LogP contribution >= 0.6 is 0 Å². The molecule has 3 aromatic carbocycles. The molecule has 0 radical (unpaired) electrons. The van der Waals surface area contributed by atoms with Crippen LogP contribution in [0, 0.1) is 0 Å². The van der Waals surface area contributed by atoms with Gasteiger partial charge in [0.2, 0.25) is 0 Å². The summed E-state index contributed by atoms with van der Waals surface area (Å²) in [6, 6.07) is 22.7. The van der Waals surface area contributed by atoms with Gasteiger partial charge in [-0.05, 0) is 60.4 Å². The molecule has 0 aliphatic rings. The molecule has 0 N–H and O–H groups in total. The number of hydrogen-bond acceptors (Lipinski definition) is 4. The molecule has 4 nitrogen and oxygen atoms in total. The molecule has 0 fully saturated rings. The van der Waals surface area contributed by atoms with Crippen LogP contribution in [0.25, 0.3) is 24.3 Å². The summed E-state index contributed by atoms with van der Waals surface area (Å²) in [7, 11) is 0. The average molecular weight is 451 g/mol. The third-order valence-electron chi connectivity index (χ3n) is 4.71. The minimum atomic E-state index is -0.440. The highest BCUT2D eigenvalue weighted by Gasteiger charge is 2.06. The van der Waals surface area contributed by atoms with E-state index in [1.807, 2.05) is 72.8 Å². The second-order valence-electron chi connectivity index (χ2n) is 7.82. The second-order valence-corrected chi connectivity index (χ2v) is 7.82. The third kappa shape index (κ3) is 7.31. The summed E-state index contributed by atoms with van der Waals surface area (Å²) in [6.07, 6.45) is 7.90. The molecule has 0 aliphatic heterocycles. The van der Waals surface area contributed by atoms with Gasteiger partial charge in [-0.2, -0.15) is 0 Å². The highest BCUT2D eigenvalue weighted by molar-refractivity contribution is 5.89. The van der Waals surface area contributed by atoms with Gasteiger partial charge in [0.25, 0.3) is 0 Å². The fourth-order valence-corrected chi connectivity index (χ4v) is 2.85. The van der Waals surface area contributed by atoms with E-state index in [-0.39, 0.29) is 0 Å². The molecule has 3 rings (SSSR count). The number of esters is 2. The Bertz CT molecular complexity index is 1180. The molecule has 170 valence electrons. The van der Waals surface area contributed by atoms with Crippen LogP contribution in [0.5, 0.6) is 11.5 Å². The lowest BCUT2D eigenvalue weighted by atomic mass is 10.1. The maximum absolute atomic E-state index is 11.7. The van der Waals surface area contributed by atoms with Crippen molar-refractivity contribution in [1.29, 1.82) is 0 Å². The van der Waals surface area contributed by atoms with Crippen LogP contribution in [-0.2, 0) is 9.59 Å². The van der Waals surface area contributed by atoms with E-state index in [0.29, 0.717) is 22.6 Å². The topological polar surface area (TPSA) is 52.6 Å². The van der Waals surface area contributed by atoms with Crippen LogP contribution in [0.4, 0.5) is 0 Å². The highest BCUT2D eigenvalue weighted by atomic mass is 16.5. The van der Waals surface area contributed by atoms with Crippen molar-refractivity contribution in [1.82, 2.24) is 0 Å².